The number of unbranched alkanes of at least 4 members (excludes halogenated alkanes) is 1. The second-order valence-electron chi connectivity index (χ2n) is 10.1. The van der Waals surface area contributed by atoms with Crippen LogP contribution in [0.4, 0.5) is 0 Å². The minimum Gasteiger partial charge on any atom is -0.480 e. The van der Waals surface area contributed by atoms with Gasteiger partial charge in [0.2, 0.25) is 15.9 Å². The van der Waals surface area contributed by atoms with E-state index in [9.17, 15) is 23.1 Å². The van der Waals surface area contributed by atoms with Crippen molar-refractivity contribution in [3.05, 3.63) is 51.7 Å². The summed E-state index contributed by atoms with van der Waals surface area (Å²) < 4.78 is 28.0. The minimum absolute atomic E-state index is 0.0361. The second kappa shape index (κ2) is 12.7. The zero-order chi connectivity index (χ0) is 27.1. The Morgan fingerprint density at radius 1 is 1.11 bits per heavy atom. The predicted octanol–water partition coefficient (Wildman–Crippen LogP) is 3.20. The van der Waals surface area contributed by atoms with Crippen molar-refractivity contribution in [3.63, 3.8) is 0 Å². The van der Waals surface area contributed by atoms with E-state index in [0.29, 0.717) is 12.4 Å². The number of aliphatic carboxylic acids is 1. The molecule has 1 atom stereocenters. The van der Waals surface area contributed by atoms with Crippen molar-refractivity contribution in [2.75, 3.05) is 13.1 Å². The molecule has 0 bridgehead atoms. The topological polar surface area (TPSA) is 137 Å². The van der Waals surface area contributed by atoms with Crippen LogP contribution in [0, 0.1) is 0 Å². The van der Waals surface area contributed by atoms with Gasteiger partial charge in [0, 0.05) is 35.7 Å². The maximum atomic E-state index is 12.8. The van der Waals surface area contributed by atoms with Gasteiger partial charge in [0.25, 0.3) is 0 Å². The highest BCUT2D eigenvalue weighted by atomic mass is 32.2. The Labute approximate surface area is 222 Å². The molecule has 4 N–H and O–H groups in total. The number of hydrogen-bond acceptors (Lipinski definition) is 7. The van der Waals surface area contributed by atoms with Gasteiger partial charge in [0.05, 0.1) is 4.90 Å². The fraction of sp³-hybridized carbons (Fsp3) is 0.500. The molecule has 37 heavy (non-hydrogen) atoms. The Morgan fingerprint density at radius 3 is 2.43 bits per heavy atom. The van der Waals surface area contributed by atoms with Crippen LogP contribution in [0.1, 0.15) is 61.8 Å². The van der Waals surface area contributed by atoms with Gasteiger partial charge in [0.1, 0.15) is 6.04 Å². The molecule has 3 rings (SSSR count). The number of guanidine groups is 1. The number of sulfonamides is 1. The highest BCUT2D eigenvalue weighted by Crippen LogP contribution is 2.24. The van der Waals surface area contributed by atoms with Crippen molar-refractivity contribution in [2.24, 2.45) is 4.99 Å². The van der Waals surface area contributed by atoms with Crippen LogP contribution in [-0.4, -0.2) is 50.5 Å². The van der Waals surface area contributed by atoms with E-state index in [1.807, 2.05) is 32.9 Å². The SMILES string of the molecule is CC(C)(C)c1ccc(S(=O)(=O)N[C@@H](Cc2ccc(CCCCC(=O)NC3=NCCCN3)s2)C(=O)O)cc1. The van der Waals surface area contributed by atoms with E-state index in [-0.39, 0.29) is 22.6 Å². The predicted molar refractivity (Wildman–Crippen MR) is 146 cm³/mol. The van der Waals surface area contributed by atoms with Gasteiger partial charge in [0.15, 0.2) is 5.96 Å². The molecule has 0 unspecified atom stereocenters. The van der Waals surface area contributed by atoms with Crippen LogP contribution in [0.3, 0.4) is 0 Å². The van der Waals surface area contributed by atoms with Gasteiger partial charge in [-0.2, -0.15) is 4.72 Å². The molecule has 0 radical (unpaired) electrons. The highest BCUT2D eigenvalue weighted by Gasteiger charge is 2.27. The largest absolute Gasteiger partial charge is 0.480 e. The summed E-state index contributed by atoms with van der Waals surface area (Å²) in [7, 11) is -3.99. The normalized spacial score (nSPS) is 14.9. The van der Waals surface area contributed by atoms with Crippen molar-refractivity contribution in [1.82, 2.24) is 15.4 Å². The molecule has 2 aromatic rings. The van der Waals surface area contributed by atoms with Crippen molar-refractivity contribution in [3.8, 4) is 0 Å². The molecule has 2 heterocycles. The number of aliphatic imine (C=N–C) groups is 1. The molecule has 0 aliphatic carbocycles. The number of carbonyl (C=O) groups is 2. The number of hydrogen-bond donors (Lipinski definition) is 4. The molecule has 0 spiro atoms. The van der Waals surface area contributed by atoms with Gasteiger partial charge < -0.3 is 10.4 Å². The molecule has 1 aliphatic heterocycles. The van der Waals surface area contributed by atoms with E-state index in [2.05, 4.69) is 20.3 Å². The smallest absolute Gasteiger partial charge is 0.322 e. The number of nitrogens with one attached hydrogen (secondary N) is 3. The number of rotatable bonds is 11. The van der Waals surface area contributed by atoms with Crippen LogP contribution in [0.5, 0.6) is 0 Å². The van der Waals surface area contributed by atoms with Gasteiger partial charge in [-0.1, -0.05) is 32.9 Å². The van der Waals surface area contributed by atoms with Gasteiger partial charge in [-0.15, -0.1) is 11.3 Å². The summed E-state index contributed by atoms with van der Waals surface area (Å²) in [6.07, 6.45) is 3.72. The third kappa shape index (κ3) is 8.94. The minimum atomic E-state index is -3.99. The first kappa shape index (κ1) is 28.8. The van der Waals surface area contributed by atoms with Crippen LogP contribution in [0.25, 0.3) is 0 Å². The van der Waals surface area contributed by atoms with Crippen molar-refractivity contribution in [2.45, 2.75) is 75.6 Å². The summed E-state index contributed by atoms with van der Waals surface area (Å²) in [6.45, 7) is 7.64. The summed E-state index contributed by atoms with van der Waals surface area (Å²) >= 11 is 1.46. The molecule has 9 nitrogen and oxygen atoms in total. The first-order valence-electron chi connectivity index (χ1n) is 12.5. The number of carbonyl (C=O) groups excluding carboxylic acids is 1. The lowest BCUT2D eigenvalue weighted by Crippen LogP contribution is -2.43. The van der Waals surface area contributed by atoms with E-state index < -0.39 is 22.0 Å². The summed E-state index contributed by atoms with van der Waals surface area (Å²) in [4.78, 5) is 30.0. The zero-order valence-electron chi connectivity index (χ0n) is 21.5. The van der Waals surface area contributed by atoms with Crippen LogP contribution >= 0.6 is 11.3 Å². The quantitative estimate of drug-likeness (QED) is 0.318. The Kier molecular flexibility index (Phi) is 9.86. The van der Waals surface area contributed by atoms with Crippen LogP contribution < -0.4 is 15.4 Å². The van der Waals surface area contributed by atoms with Gasteiger partial charge >= 0.3 is 5.97 Å². The van der Waals surface area contributed by atoms with E-state index >= 15 is 0 Å². The third-order valence-electron chi connectivity index (χ3n) is 5.98. The van der Waals surface area contributed by atoms with Crippen molar-refractivity contribution in [1.29, 1.82) is 0 Å². The maximum absolute atomic E-state index is 12.8. The van der Waals surface area contributed by atoms with E-state index in [4.69, 9.17) is 0 Å². The number of carboxylic acid groups (broad SMARTS) is 1. The number of thiophene rings is 1. The molecule has 0 saturated heterocycles. The summed E-state index contributed by atoms with van der Waals surface area (Å²) in [5, 5.41) is 15.5. The Bertz CT molecular complexity index is 1210. The summed E-state index contributed by atoms with van der Waals surface area (Å²) in [5.74, 6) is -0.748. The molecule has 1 amide bonds. The molecule has 0 fully saturated rings. The Morgan fingerprint density at radius 2 is 1.81 bits per heavy atom. The number of nitrogens with zero attached hydrogens (tertiary/aromatic N) is 1. The molecule has 0 saturated carbocycles. The summed E-state index contributed by atoms with van der Waals surface area (Å²) in [6, 6.07) is 9.00. The fourth-order valence-electron chi connectivity index (χ4n) is 3.83. The second-order valence-corrected chi connectivity index (χ2v) is 13.1. The lowest BCUT2D eigenvalue weighted by atomic mass is 9.87. The van der Waals surface area contributed by atoms with Gasteiger partial charge in [-0.05, 0) is 60.9 Å². The lowest BCUT2D eigenvalue weighted by molar-refractivity contribution is -0.138. The lowest BCUT2D eigenvalue weighted by Gasteiger charge is -2.19. The number of amides is 1. The first-order valence-corrected chi connectivity index (χ1v) is 14.8. The molecule has 202 valence electrons. The molecule has 1 aromatic carbocycles. The van der Waals surface area contributed by atoms with Crippen molar-refractivity contribution < 1.29 is 23.1 Å². The molecular weight excluding hydrogens is 512 g/mol. The maximum Gasteiger partial charge on any atom is 0.322 e. The Hall–Kier alpha value is -2.76. The molecule has 1 aliphatic rings. The highest BCUT2D eigenvalue weighted by molar-refractivity contribution is 7.89. The van der Waals surface area contributed by atoms with Crippen LogP contribution in [0.15, 0.2) is 46.3 Å². The van der Waals surface area contributed by atoms with E-state index in [1.165, 1.54) is 23.5 Å². The fourth-order valence-corrected chi connectivity index (χ4v) is 6.13. The summed E-state index contributed by atoms with van der Waals surface area (Å²) in [5.41, 5.74) is 0.869. The zero-order valence-corrected chi connectivity index (χ0v) is 23.2. The van der Waals surface area contributed by atoms with Gasteiger partial charge in [-0.3, -0.25) is 19.9 Å². The van der Waals surface area contributed by atoms with E-state index in [0.717, 1.165) is 54.1 Å². The first-order chi connectivity index (χ1) is 17.4. The van der Waals surface area contributed by atoms with Gasteiger partial charge in [-0.25, -0.2) is 8.42 Å². The van der Waals surface area contributed by atoms with Crippen molar-refractivity contribution >= 4 is 39.2 Å². The molecule has 1 aromatic heterocycles. The monoisotopic (exact) mass is 548 g/mol. The van der Waals surface area contributed by atoms with E-state index in [1.54, 1.807) is 12.1 Å². The average Bonchev–Trinajstić information content (AvgIpc) is 3.28. The molecule has 11 heteroatoms. The Balaban J connectivity index is 1.50. The standard InChI is InChI=1S/C26H36N4O5S2/c1-26(2,3)18-9-13-21(14-10-18)37(34,35)30-22(24(32)33)17-20-12-11-19(36-20)7-4-5-8-23(31)29-25-27-15-6-16-28-25/h9-14,22,30H,4-8,15-17H2,1-3H3,(H,32,33)(H2,27,28,29,31)/t22-/m0/s1. The number of benzene rings is 1. The number of carboxylic acids is 1. The number of aryl methyl sites for hydroxylation is 1. The average molecular weight is 549 g/mol. The third-order valence-corrected chi connectivity index (χ3v) is 8.64. The molecular formula is C26H36N4O5S2. The van der Waals surface area contributed by atoms with Crippen LogP contribution in [-0.2, 0) is 37.9 Å². The van der Waals surface area contributed by atoms with Crippen LogP contribution in [0.2, 0.25) is 0 Å².